The number of carbonyl (C=O) groups is 1. The Morgan fingerprint density at radius 3 is 2.38 bits per heavy atom. The minimum Gasteiger partial charge on any atom is -0.497 e. The molecular weight excluding hydrogens is 620 g/mol. The lowest BCUT2D eigenvalue weighted by Crippen LogP contribution is -2.54. The van der Waals surface area contributed by atoms with Crippen LogP contribution in [0.1, 0.15) is 44.2 Å². The maximum absolute atomic E-state index is 12.3. The van der Waals surface area contributed by atoms with Crippen molar-refractivity contribution in [1.82, 2.24) is 4.90 Å². The molecule has 0 saturated carbocycles. The second-order valence-electron chi connectivity index (χ2n) is 13.9. The molecule has 2 aromatic carbocycles. The van der Waals surface area contributed by atoms with Gasteiger partial charge in [-0.05, 0) is 59.9 Å². The molecule has 0 bridgehead atoms. The van der Waals surface area contributed by atoms with Crippen LogP contribution in [0.5, 0.6) is 11.5 Å². The molecule has 2 aliphatic heterocycles. The number of rotatable bonds is 15. The molecule has 4 atom stereocenters. The minimum atomic E-state index is -2.06. The number of likely N-dealkylation sites (tertiary alicyclic amines) is 1. The lowest BCUT2D eigenvalue weighted by Gasteiger charge is -2.43. The fourth-order valence-electron chi connectivity index (χ4n) is 5.75. The molecule has 11 nitrogen and oxygen atoms in total. The van der Waals surface area contributed by atoms with Crippen molar-refractivity contribution < 1.29 is 43.1 Å². The largest absolute Gasteiger partial charge is 0.497 e. The van der Waals surface area contributed by atoms with Crippen LogP contribution in [0, 0.1) is 0 Å². The number of nitrogens with zero attached hydrogens (tertiary/aromatic N) is 2. The maximum Gasteiger partial charge on any atom is 0.407 e. The highest BCUT2D eigenvalue weighted by Gasteiger charge is 2.42. The van der Waals surface area contributed by atoms with E-state index >= 15 is 0 Å². The highest BCUT2D eigenvalue weighted by molar-refractivity contribution is 6.74. The van der Waals surface area contributed by atoms with Crippen LogP contribution >= 0.6 is 0 Å². The zero-order valence-corrected chi connectivity index (χ0v) is 30.1. The first kappa shape index (κ1) is 37.0. The van der Waals surface area contributed by atoms with Crippen molar-refractivity contribution in [3.63, 3.8) is 0 Å². The van der Waals surface area contributed by atoms with Gasteiger partial charge >= 0.3 is 6.09 Å². The van der Waals surface area contributed by atoms with Crippen LogP contribution in [0.15, 0.2) is 42.5 Å². The van der Waals surface area contributed by atoms with Gasteiger partial charge in [0.2, 0.25) is 0 Å². The summed E-state index contributed by atoms with van der Waals surface area (Å²) in [6.07, 6.45) is -2.06. The Morgan fingerprint density at radius 1 is 1.04 bits per heavy atom. The highest BCUT2D eigenvalue weighted by Crippen LogP contribution is 2.38. The Labute approximate surface area is 280 Å². The van der Waals surface area contributed by atoms with Crippen LogP contribution in [0.2, 0.25) is 18.1 Å². The molecule has 1 fully saturated rings. The van der Waals surface area contributed by atoms with Crippen LogP contribution < -0.4 is 14.4 Å². The van der Waals surface area contributed by atoms with E-state index in [1.807, 2.05) is 36.4 Å². The van der Waals surface area contributed by atoms with Crippen molar-refractivity contribution in [2.75, 3.05) is 71.7 Å². The van der Waals surface area contributed by atoms with E-state index in [0.717, 1.165) is 47.8 Å². The molecule has 4 rings (SSSR count). The van der Waals surface area contributed by atoms with E-state index in [1.165, 1.54) is 4.90 Å². The maximum atomic E-state index is 12.3. The summed E-state index contributed by atoms with van der Waals surface area (Å²) in [5.74, 6) is 1.26. The number of aliphatic hydroxyl groups excluding tert-OH is 1. The topological polar surface area (TPSA) is 119 Å². The number of methoxy groups -OCH3 is 2. The molecule has 0 spiro atoms. The Morgan fingerprint density at radius 2 is 1.74 bits per heavy atom. The van der Waals surface area contributed by atoms with Crippen molar-refractivity contribution in [3.05, 3.63) is 53.6 Å². The summed E-state index contributed by atoms with van der Waals surface area (Å²) in [6, 6.07) is 13.8. The summed E-state index contributed by atoms with van der Waals surface area (Å²) >= 11 is 0. The fourth-order valence-corrected chi connectivity index (χ4v) is 6.79. The number of anilines is 1. The van der Waals surface area contributed by atoms with Gasteiger partial charge in [0.15, 0.2) is 8.32 Å². The third-order valence-corrected chi connectivity index (χ3v) is 14.0. The number of benzene rings is 2. The lowest BCUT2D eigenvalue weighted by molar-refractivity contribution is -0.106. The average Bonchev–Trinajstić information content (AvgIpc) is 3.04. The number of ether oxygens (including phenoxy) is 5. The standard InChI is InChI=1S/C35H54N2O9Si/c1-35(2,3)47(6,7)46-24-27(38)23-45-32-21-37(34(39)40)20-31(33(32)26-10-12-28(42-5)13-11-26)44-22-25-9-14-30-29(19-25)36(16-18-43-30)15-8-17-41-4/h9-14,19,27,31-33,38H,8,15-18,20-24H2,1-7H3,(H,39,40)/t27-,31-,32+,33+/m0/s1. The summed E-state index contributed by atoms with van der Waals surface area (Å²) in [5.41, 5.74) is 2.93. The van der Waals surface area contributed by atoms with Crippen LogP contribution in [-0.2, 0) is 25.2 Å². The molecule has 2 N–H and O–H groups in total. The smallest absolute Gasteiger partial charge is 0.407 e. The number of carboxylic acid groups (broad SMARTS) is 1. The number of aliphatic hydroxyl groups is 1. The van der Waals surface area contributed by atoms with E-state index in [4.69, 9.17) is 28.1 Å². The van der Waals surface area contributed by atoms with E-state index in [1.54, 1.807) is 14.2 Å². The summed E-state index contributed by atoms with van der Waals surface area (Å²) in [4.78, 5) is 15.9. The SMILES string of the molecule is COCCCN1CCOc2ccc(CO[C@H]3CN(C(=O)O)C[C@@H](OC[C@H](O)CO[Si](C)(C)C(C)(C)C)[C@@H]3c3ccc(OC)cc3)cc21. The Bertz CT molecular complexity index is 1290. The van der Waals surface area contributed by atoms with Gasteiger partial charge < -0.3 is 48.1 Å². The van der Waals surface area contributed by atoms with Gasteiger partial charge in [0.05, 0.1) is 70.6 Å². The summed E-state index contributed by atoms with van der Waals surface area (Å²) in [6.45, 7) is 14.5. The van der Waals surface area contributed by atoms with E-state index in [-0.39, 0.29) is 43.9 Å². The van der Waals surface area contributed by atoms with Gasteiger partial charge in [-0.25, -0.2) is 4.79 Å². The van der Waals surface area contributed by atoms with E-state index in [2.05, 4.69) is 44.8 Å². The first-order valence-corrected chi connectivity index (χ1v) is 19.4. The van der Waals surface area contributed by atoms with Gasteiger partial charge in [0.1, 0.15) is 18.1 Å². The molecule has 1 saturated heterocycles. The van der Waals surface area contributed by atoms with E-state index in [0.29, 0.717) is 13.2 Å². The molecule has 0 aliphatic carbocycles. The van der Waals surface area contributed by atoms with Crippen molar-refractivity contribution in [3.8, 4) is 11.5 Å². The molecular formula is C35H54N2O9Si. The number of hydrogen-bond acceptors (Lipinski definition) is 9. The molecule has 2 aliphatic rings. The normalized spacial score (nSPS) is 20.8. The van der Waals surface area contributed by atoms with Crippen molar-refractivity contribution in [2.24, 2.45) is 0 Å². The van der Waals surface area contributed by atoms with Crippen molar-refractivity contribution in [2.45, 2.75) is 76.2 Å². The Balaban J connectivity index is 1.53. The van der Waals surface area contributed by atoms with Gasteiger partial charge in [-0.15, -0.1) is 0 Å². The number of piperidine rings is 1. The second kappa shape index (κ2) is 16.5. The van der Waals surface area contributed by atoms with Crippen LogP contribution in [-0.4, -0.2) is 115 Å². The van der Waals surface area contributed by atoms with Gasteiger partial charge in [0, 0.05) is 26.2 Å². The number of hydrogen-bond donors (Lipinski definition) is 2. The predicted octanol–water partition coefficient (Wildman–Crippen LogP) is 5.36. The molecule has 12 heteroatoms. The average molecular weight is 675 g/mol. The first-order chi connectivity index (χ1) is 22.3. The highest BCUT2D eigenvalue weighted by atomic mass is 28.4. The van der Waals surface area contributed by atoms with Crippen LogP contribution in [0.3, 0.4) is 0 Å². The predicted molar refractivity (Wildman–Crippen MR) is 183 cm³/mol. The Hall–Kier alpha value is -2.87. The molecule has 0 aromatic heterocycles. The van der Waals surface area contributed by atoms with Crippen LogP contribution in [0.4, 0.5) is 10.5 Å². The summed E-state index contributed by atoms with van der Waals surface area (Å²) in [5, 5.41) is 21.0. The summed E-state index contributed by atoms with van der Waals surface area (Å²) in [7, 11) is 1.26. The lowest BCUT2D eigenvalue weighted by atomic mass is 9.84. The Kier molecular flexibility index (Phi) is 13.0. The molecule has 2 aromatic rings. The quantitative estimate of drug-likeness (QED) is 0.189. The molecule has 0 unspecified atom stereocenters. The zero-order valence-electron chi connectivity index (χ0n) is 29.1. The first-order valence-electron chi connectivity index (χ1n) is 16.5. The third-order valence-electron chi connectivity index (χ3n) is 9.54. The third kappa shape index (κ3) is 9.83. The van der Waals surface area contributed by atoms with Crippen molar-refractivity contribution >= 4 is 20.1 Å². The zero-order chi connectivity index (χ0) is 34.2. The number of fused-ring (bicyclic) bond motifs is 1. The monoisotopic (exact) mass is 674 g/mol. The van der Waals surface area contributed by atoms with Gasteiger partial charge in [-0.1, -0.05) is 39.0 Å². The molecule has 47 heavy (non-hydrogen) atoms. The van der Waals surface area contributed by atoms with Gasteiger partial charge in [-0.2, -0.15) is 0 Å². The van der Waals surface area contributed by atoms with E-state index < -0.39 is 32.7 Å². The van der Waals surface area contributed by atoms with Gasteiger partial charge in [-0.3, -0.25) is 0 Å². The van der Waals surface area contributed by atoms with Crippen LogP contribution in [0.25, 0.3) is 0 Å². The second-order valence-corrected chi connectivity index (χ2v) is 18.7. The molecule has 262 valence electrons. The van der Waals surface area contributed by atoms with Crippen molar-refractivity contribution in [1.29, 1.82) is 0 Å². The summed E-state index contributed by atoms with van der Waals surface area (Å²) < 4.78 is 35.7. The minimum absolute atomic E-state index is 0.00977. The molecule has 0 radical (unpaired) electrons. The molecule has 2 heterocycles. The number of amides is 1. The van der Waals surface area contributed by atoms with E-state index in [9.17, 15) is 15.0 Å². The fraction of sp³-hybridized carbons (Fsp3) is 0.629. The van der Waals surface area contributed by atoms with Gasteiger partial charge in [0.25, 0.3) is 0 Å². The molecule has 1 amide bonds.